The Morgan fingerprint density at radius 2 is 1.86 bits per heavy atom. The highest BCUT2D eigenvalue weighted by molar-refractivity contribution is 7.89. The zero-order valence-corrected chi connectivity index (χ0v) is 13.3. The summed E-state index contributed by atoms with van der Waals surface area (Å²) in [6, 6.07) is 4.53. The van der Waals surface area contributed by atoms with Gasteiger partial charge in [-0.3, -0.25) is 4.79 Å². The van der Waals surface area contributed by atoms with Crippen LogP contribution in [0.15, 0.2) is 23.1 Å². The maximum absolute atomic E-state index is 12.4. The first kappa shape index (κ1) is 15.8. The van der Waals surface area contributed by atoms with E-state index in [1.165, 1.54) is 33.3 Å². The van der Waals surface area contributed by atoms with E-state index in [0.29, 0.717) is 5.56 Å². The minimum Gasteiger partial charge on any atom is -0.495 e. The number of hydrogen-bond donors (Lipinski definition) is 0. The largest absolute Gasteiger partial charge is 0.495 e. The fourth-order valence-corrected chi connectivity index (χ4v) is 3.39. The Kier molecular flexibility index (Phi) is 4.53. The number of hydrogen-bond acceptors (Lipinski definition) is 4. The minimum atomic E-state index is -3.66. The molecule has 1 fully saturated rings. The lowest BCUT2D eigenvalue weighted by Crippen LogP contribution is -2.28. The molecule has 1 heterocycles. The van der Waals surface area contributed by atoms with E-state index in [4.69, 9.17) is 4.74 Å². The Morgan fingerprint density at radius 3 is 2.38 bits per heavy atom. The Labute approximate surface area is 125 Å². The van der Waals surface area contributed by atoms with E-state index in [-0.39, 0.29) is 16.6 Å². The molecule has 116 valence electrons. The second-order valence-corrected chi connectivity index (χ2v) is 7.27. The summed E-state index contributed by atoms with van der Waals surface area (Å²) in [5, 5.41) is 0. The molecule has 0 spiro atoms. The molecule has 1 aromatic rings. The van der Waals surface area contributed by atoms with Crippen molar-refractivity contribution in [3.8, 4) is 5.75 Å². The maximum atomic E-state index is 12.4. The SMILES string of the molecule is COc1ccc(C(=O)N2CCCC2)cc1S(=O)(=O)N(C)C. The summed E-state index contributed by atoms with van der Waals surface area (Å²) in [4.78, 5) is 14.1. The molecule has 21 heavy (non-hydrogen) atoms. The lowest BCUT2D eigenvalue weighted by Gasteiger charge is -2.18. The highest BCUT2D eigenvalue weighted by atomic mass is 32.2. The maximum Gasteiger partial charge on any atom is 0.253 e. The molecule has 0 aliphatic carbocycles. The molecule has 0 radical (unpaired) electrons. The number of rotatable bonds is 4. The van der Waals surface area contributed by atoms with E-state index in [1.54, 1.807) is 11.0 Å². The third kappa shape index (κ3) is 3.03. The van der Waals surface area contributed by atoms with Crippen LogP contribution >= 0.6 is 0 Å². The van der Waals surface area contributed by atoms with E-state index in [1.807, 2.05) is 0 Å². The average molecular weight is 312 g/mol. The van der Waals surface area contributed by atoms with Gasteiger partial charge in [-0.05, 0) is 31.0 Å². The van der Waals surface area contributed by atoms with E-state index in [2.05, 4.69) is 0 Å². The van der Waals surface area contributed by atoms with Gasteiger partial charge in [0.1, 0.15) is 10.6 Å². The quantitative estimate of drug-likeness (QED) is 0.837. The van der Waals surface area contributed by atoms with E-state index in [0.717, 1.165) is 30.2 Å². The van der Waals surface area contributed by atoms with Crippen molar-refractivity contribution >= 4 is 15.9 Å². The van der Waals surface area contributed by atoms with Crippen LogP contribution in [0, 0.1) is 0 Å². The van der Waals surface area contributed by atoms with Gasteiger partial charge in [-0.15, -0.1) is 0 Å². The van der Waals surface area contributed by atoms with E-state index >= 15 is 0 Å². The first-order chi connectivity index (χ1) is 9.87. The molecule has 7 heteroatoms. The smallest absolute Gasteiger partial charge is 0.253 e. The third-order valence-electron chi connectivity index (χ3n) is 3.56. The topological polar surface area (TPSA) is 66.9 Å². The molecule has 6 nitrogen and oxygen atoms in total. The lowest BCUT2D eigenvalue weighted by atomic mass is 10.2. The first-order valence-corrected chi connectivity index (χ1v) is 8.22. The molecule has 0 aromatic heterocycles. The summed E-state index contributed by atoms with van der Waals surface area (Å²) < 4.78 is 30.9. The van der Waals surface area contributed by atoms with Crippen molar-refractivity contribution in [2.24, 2.45) is 0 Å². The van der Waals surface area contributed by atoms with Crippen LogP contribution < -0.4 is 4.74 Å². The Morgan fingerprint density at radius 1 is 1.24 bits per heavy atom. The van der Waals surface area contributed by atoms with Gasteiger partial charge in [0, 0.05) is 32.7 Å². The van der Waals surface area contributed by atoms with Gasteiger partial charge in [-0.1, -0.05) is 0 Å². The first-order valence-electron chi connectivity index (χ1n) is 6.78. The summed E-state index contributed by atoms with van der Waals surface area (Å²) >= 11 is 0. The molecule has 1 aliphatic rings. The van der Waals surface area contributed by atoms with E-state index in [9.17, 15) is 13.2 Å². The summed E-state index contributed by atoms with van der Waals surface area (Å²) in [6.45, 7) is 1.45. The Bertz CT molecular complexity index is 634. The summed E-state index contributed by atoms with van der Waals surface area (Å²) in [5.41, 5.74) is 0.373. The molecule has 1 aliphatic heterocycles. The Balaban J connectivity index is 2.45. The lowest BCUT2D eigenvalue weighted by molar-refractivity contribution is 0.0792. The van der Waals surface area contributed by atoms with Crippen LogP contribution in [0.1, 0.15) is 23.2 Å². The van der Waals surface area contributed by atoms with Gasteiger partial charge >= 0.3 is 0 Å². The number of amides is 1. The van der Waals surface area contributed by atoms with Gasteiger partial charge < -0.3 is 9.64 Å². The van der Waals surface area contributed by atoms with Crippen LogP contribution in [0.3, 0.4) is 0 Å². The van der Waals surface area contributed by atoms with Crippen molar-refractivity contribution in [1.29, 1.82) is 0 Å². The second-order valence-electron chi connectivity index (χ2n) is 5.15. The van der Waals surface area contributed by atoms with Crippen molar-refractivity contribution in [1.82, 2.24) is 9.21 Å². The normalized spacial score (nSPS) is 15.5. The number of carbonyl (C=O) groups excluding carboxylic acids is 1. The average Bonchev–Trinajstić information content (AvgIpc) is 2.99. The van der Waals surface area contributed by atoms with Crippen LogP contribution in [-0.2, 0) is 10.0 Å². The monoisotopic (exact) mass is 312 g/mol. The number of nitrogens with zero attached hydrogens (tertiary/aromatic N) is 2. The molecule has 0 saturated carbocycles. The molecule has 1 amide bonds. The number of carbonyl (C=O) groups is 1. The number of methoxy groups -OCH3 is 1. The highest BCUT2D eigenvalue weighted by Crippen LogP contribution is 2.27. The van der Waals surface area contributed by atoms with Gasteiger partial charge in [-0.25, -0.2) is 12.7 Å². The minimum absolute atomic E-state index is 0.0139. The fraction of sp³-hybridized carbons (Fsp3) is 0.500. The number of ether oxygens (including phenoxy) is 1. The molecular weight excluding hydrogens is 292 g/mol. The second kappa shape index (κ2) is 6.03. The molecule has 0 atom stereocenters. The van der Waals surface area contributed by atoms with Crippen LogP contribution in [0.5, 0.6) is 5.75 Å². The highest BCUT2D eigenvalue weighted by Gasteiger charge is 2.26. The molecule has 2 rings (SSSR count). The molecule has 0 bridgehead atoms. The zero-order valence-electron chi connectivity index (χ0n) is 12.5. The van der Waals surface area contributed by atoms with Gasteiger partial charge in [0.2, 0.25) is 10.0 Å². The van der Waals surface area contributed by atoms with E-state index < -0.39 is 10.0 Å². The number of benzene rings is 1. The van der Waals surface area contributed by atoms with Gasteiger partial charge in [0.25, 0.3) is 5.91 Å². The molecule has 1 saturated heterocycles. The zero-order chi connectivity index (χ0) is 15.6. The predicted octanol–water partition coefficient (Wildman–Crippen LogP) is 1.18. The van der Waals surface area contributed by atoms with Crippen molar-refractivity contribution in [3.63, 3.8) is 0 Å². The van der Waals surface area contributed by atoms with Gasteiger partial charge in [0.15, 0.2) is 0 Å². The van der Waals surface area contributed by atoms with Crippen LogP contribution in [-0.4, -0.2) is 57.8 Å². The molecule has 0 unspecified atom stereocenters. The van der Waals surface area contributed by atoms with Crippen LogP contribution in [0.25, 0.3) is 0 Å². The third-order valence-corrected chi connectivity index (χ3v) is 5.40. The van der Waals surface area contributed by atoms with Gasteiger partial charge in [0.05, 0.1) is 7.11 Å². The van der Waals surface area contributed by atoms with Crippen LogP contribution in [0.4, 0.5) is 0 Å². The number of likely N-dealkylation sites (tertiary alicyclic amines) is 1. The van der Waals surface area contributed by atoms with Crippen molar-refractivity contribution < 1.29 is 17.9 Å². The number of sulfonamides is 1. The van der Waals surface area contributed by atoms with Crippen molar-refractivity contribution in [3.05, 3.63) is 23.8 Å². The summed E-state index contributed by atoms with van der Waals surface area (Å²) in [6.07, 6.45) is 1.98. The summed E-state index contributed by atoms with van der Waals surface area (Å²) in [5.74, 6) is 0.104. The van der Waals surface area contributed by atoms with Crippen LogP contribution in [0.2, 0.25) is 0 Å². The molecule has 0 N–H and O–H groups in total. The van der Waals surface area contributed by atoms with Crippen molar-refractivity contribution in [2.45, 2.75) is 17.7 Å². The molecule has 1 aromatic carbocycles. The predicted molar refractivity (Wildman–Crippen MR) is 79.0 cm³/mol. The fourth-order valence-electron chi connectivity index (χ4n) is 2.31. The van der Waals surface area contributed by atoms with Gasteiger partial charge in [-0.2, -0.15) is 0 Å². The Hall–Kier alpha value is -1.60. The van der Waals surface area contributed by atoms with Crippen molar-refractivity contribution in [2.75, 3.05) is 34.3 Å². The molecular formula is C14H20N2O4S. The summed E-state index contributed by atoms with van der Waals surface area (Å²) in [7, 11) is 0.643. The standard InChI is InChI=1S/C14H20N2O4S/c1-15(2)21(18,19)13-10-11(6-7-12(13)20-3)14(17)16-8-4-5-9-16/h6-7,10H,4-5,8-9H2,1-3H3.